The second-order valence-electron chi connectivity index (χ2n) is 7.22. The maximum absolute atomic E-state index is 5.27. The molecule has 2 aromatic carbocycles. The maximum atomic E-state index is 5.27. The van der Waals surface area contributed by atoms with Gasteiger partial charge in [-0.1, -0.05) is 29.8 Å². The highest BCUT2D eigenvalue weighted by molar-refractivity contribution is 5.67. The SMILES string of the molecule is COc1ccc(-c2c[nH]cc2CN2CCN(c3ccc(C)cc3)CC2)cc1. The lowest BCUT2D eigenvalue weighted by Gasteiger charge is -2.36. The van der Waals surface area contributed by atoms with Gasteiger partial charge in [-0.3, -0.25) is 4.90 Å². The quantitative estimate of drug-likeness (QED) is 0.734. The van der Waals surface area contributed by atoms with Crippen LogP contribution in [0.5, 0.6) is 5.75 Å². The molecule has 140 valence electrons. The lowest BCUT2D eigenvalue weighted by atomic mass is 10.0. The van der Waals surface area contributed by atoms with Crippen LogP contribution in [0.2, 0.25) is 0 Å². The normalized spacial score (nSPS) is 15.1. The van der Waals surface area contributed by atoms with Crippen molar-refractivity contribution in [1.29, 1.82) is 0 Å². The average molecular weight is 361 g/mol. The molecule has 0 spiro atoms. The molecule has 1 N–H and O–H groups in total. The smallest absolute Gasteiger partial charge is 0.118 e. The summed E-state index contributed by atoms with van der Waals surface area (Å²) in [5.41, 5.74) is 6.50. The number of hydrogen-bond acceptors (Lipinski definition) is 3. The molecule has 1 aromatic heterocycles. The predicted octanol–water partition coefficient (Wildman–Crippen LogP) is 4.32. The molecular formula is C23H27N3O. The van der Waals surface area contributed by atoms with Crippen molar-refractivity contribution in [2.24, 2.45) is 0 Å². The van der Waals surface area contributed by atoms with Crippen molar-refractivity contribution in [1.82, 2.24) is 9.88 Å². The van der Waals surface area contributed by atoms with Crippen LogP contribution in [-0.4, -0.2) is 43.2 Å². The summed E-state index contributed by atoms with van der Waals surface area (Å²) < 4.78 is 5.27. The molecule has 1 aliphatic heterocycles. The zero-order chi connectivity index (χ0) is 18.6. The number of piperazine rings is 1. The van der Waals surface area contributed by atoms with E-state index in [0.29, 0.717) is 0 Å². The molecule has 0 unspecified atom stereocenters. The van der Waals surface area contributed by atoms with E-state index < -0.39 is 0 Å². The largest absolute Gasteiger partial charge is 0.497 e. The van der Waals surface area contributed by atoms with E-state index in [0.717, 1.165) is 38.5 Å². The Kier molecular flexibility index (Phi) is 5.16. The summed E-state index contributed by atoms with van der Waals surface area (Å²) in [6.07, 6.45) is 4.23. The van der Waals surface area contributed by atoms with Crippen LogP contribution in [0.15, 0.2) is 60.9 Å². The first-order valence-electron chi connectivity index (χ1n) is 9.57. The fourth-order valence-electron chi connectivity index (χ4n) is 3.73. The summed E-state index contributed by atoms with van der Waals surface area (Å²) in [7, 11) is 1.70. The van der Waals surface area contributed by atoms with Crippen molar-refractivity contribution >= 4 is 5.69 Å². The van der Waals surface area contributed by atoms with Crippen molar-refractivity contribution in [3.63, 3.8) is 0 Å². The fourth-order valence-corrected chi connectivity index (χ4v) is 3.73. The first-order valence-corrected chi connectivity index (χ1v) is 9.57. The molecule has 0 radical (unpaired) electrons. The Balaban J connectivity index is 1.39. The zero-order valence-corrected chi connectivity index (χ0v) is 16.1. The first-order chi connectivity index (χ1) is 13.2. The number of ether oxygens (including phenoxy) is 1. The number of aromatic amines is 1. The van der Waals surface area contributed by atoms with Crippen molar-refractivity contribution in [2.75, 3.05) is 38.2 Å². The highest BCUT2D eigenvalue weighted by atomic mass is 16.5. The maximum Gasteiger partial charge on any atom is 0.118 e. The lowest BCUT2D eigenvalue weighted by molar-refractivity contribution is 0.250. The zero-order valence-electron chi connectivity index (χ0n) is 16.1. The monoisotopic (exact) mass is 361 g/mol. The minimum Gasteiger partial charge on any atom is -0.497 e. The van der Waals surface area contributed by atoms with Gasteiger partial charge in [-0.15, -0.1) is 0 Å². The number of H-pyrrole nitrogens is 1. The van der Waals surface area contributed by atoms with Crippen LogP contribution in [0.25, 0.3) is 11.1 Å². The van der Waals surface area contributed by atoms with Gasteiger partial charge in [0.05, 0.1) is 7.11 Å². The van der Waals surface area contributed by atoms with E-state index >= 15 is 0 Å². The Morgan fingerprint density at radius 2 is 1.59 bits per heavy atom. The summed E-state index contributed by atoms with van der Waals surface area (Å²) in [6.45, 7) is 7.44. The number of nitrogens with one attached hydrogen (secondary N) is 1. The van der Waals surface area contributed by atoms with Crippen LogP contribution >= 0.6 is 0 Å². The second-order valence-corrected chi connectivity index (χ2v) is 7.22. The van der Waals surface area contributed by atoms with Crippen LogP contribution in [-0.2, 0) is 6.54 Å². The summed E-state index contributed by atoms with van der Waals surface area (Å²) in [6, 6.07) is 17.2. The number of methoxy groups -OCH3 is 1. The Labute approximate surface area is 161 Å². The molecule has 0 aliphatic carbocycles. The number of aromatic nitrogens is 1. The molecule has 2 heterocycles. The van der Waals surface area contributed by atoms with Gasteiger partial charge in [-0.05, 0) is 42.3 Å². The third kappa shape index (κ3) is 4.01. The van der Waals surface area contributed by atoms with Gasteiger partial charge >= 0.3 is 0 Å². The predicted molar refractivity (Wildman–Crippen MR) is 111 cm³/mol. The molecule has 27 heavy (non-hydrogen) atoms. The van der Waals surface area contributed by atoms with E-state index in [4.69, 9.17) is 4.74 Å². The third-order valence-electron chi connectivity index (χ3n) is 5.40. The highest BCUT2D eigenvalue weighted by Gasteiger charge is 2.19. The average Bonchev–Trinajstić information content (AvgIpc) is 3.17. The number of anilines is 1. The van der Waals surface area contributed by atoms with Crippen LogP contribution in [0.1, 0.15) is 11.1 Å². The number of benzene rings is 2. The van der Waals surface area contributed by atoms with Gasteiger partial charge in [0.2, 0.25) is 0 Å². The molecule has 3 aromatic rings. The molecular weight excluding hydrogens is 334 g/mol. The number of hydrogen-bond donors (Lipinski definition) is 1. The molecule has 1 aliphatic rings. The number of nitrogens with zero attached hydrogens (tertiary/aromatic N) is 2. The van der Waals surface area contributed by atoms with Crippen LogP contribution in [0.3, 0.4) is 0 Å². The second kappa shape index (κ2) is 7.89. The minimum absolute atomic E-state index is 0.892. The molecule has 1 saturated heterocycles. The number of rotatable bonds is 5. The topological polar surface area (TPSA) is 31.5 Å². The van der Waals surface area contributed by atoms with Gasteiger partial charge in [-0.25, -0.2) is 0 Å². The van der Waals surface area contributed by atoms with Gasteiger partial charge in [0.1, 0.15) is 5.75 Å². The van der Waals surface area contributed by atoms with Crippen molar-refractivity contribution in [3.8, 4) is 16.9 Å². The Morgan fingerprint density at radius 3 is 2.26 bits per heavy atom. The summed E-state index contributed by atoms with van der Waals surface area (Å²) in [5.74, 6) is 0.892. The fraction of sp³-hybridized carbons (Fsp3) is 0.304. The van der Waals surface area contributed by atoms with Crippen LogP contribution in [0.4, 0.5) is 5.69 Å². The van der Waals surface area contributed by atoms with Crippen molar-refractivity contribution in [2.45, 2.75) is 13.5 Å². The molecule has 4 rings (SSSR count). The summed E-state index contributed by atoms with van der Waals surface area (Å²) in [5, 5.41) is 0. The van der Waals surface area contributed by atoms with Crippen molar-refractivity contribution < 1.29 is 4.74 Å². The lowest BCUT2D eigenvalue weighted by Crippen LogP contribution is -2.45. The molecule has 0 amide bonds. The van der Waals surface area contributed by atoms with E-state index in [9.17, 15) is 0 Å². The Bertz CT molecular complexity index is 859. The van der Waals surface area contributed by atoms with E-state index in [-0.39, 0.29) is 0 Å². The Hall–Kier alpha value is -2.72. The summed E-state index contributed by atoms with van der Waals surface area (Å²) >= 11 is 0. The molecule has 0 bridgehead atoms. The molecule has 4 nitrogen and oxygen atoms in total. The van der Waals surface area contributed by atoms with Crippen molar-refractivity contribution in [3.05, 3.63) is 72.1 Å². The standard InChI is InChI=1S/C23H27N3O/c1-18-3-7-21(8-4-18)26-13-11-25(12-14-26)17-20-15-24-16-23(20)19-5-9-22(27-2)10-6-19/h3-10,15-16,24H,11-14,17H2,1-2H3. The Morgan fingerprint density at radius 1 is 0.889 bits per heavy atom. The van der Waals surface area contributed by atoms with E-state index in [1.54, 1.807) is 7.11 Å². The molecule has 1 fully saturated rings. The van der Waals surface area contributed by atoms with Crippen LogP contribution < -0.4 is 9.64 Å². The van der Waals surface area contributed by atoms with Gasteiger partial charge in [-0.2, -0.15) is 0 Å². The molecule has 4 heteroatoms. The van der Waals surface area contributed by atoms with Gasteiger partial charge in [0.25, 0.3) is 0 Å². The first kappa shape index (κ1) is 17.7. The highest BCUT2D eigenvalue weighted by Crippen LogP contribution is 2.27. The minimum atomic E-state index is 0.892. The molecule has 0 saturated carbocycles. The van der Waals surface area contributed by atoms with Gasteiger partial charge in [0, 0.05) is 56.4 Å². The van der Waals surface area contributed by atoms with E-state index in [2.05, 4.69) is 70.5 Å². The third-order valence-corrected chi connectivity index (χ3v) is 5.40. The van der Waals surface area contributed by atoms with E-state index in [1.165, 1.54) is 27.9 Å². The van der Waals surface area contributed by atoms with E-state index in [1.807, 2.05) is 12.1 Å². The van der Waals surface area contributed by atoms with Gasteiger partial charge < -0.3 is 14.6 Å². The van der Waals surface area contributed by atoms with Gasteiger partial charge in [0.15, 0.2) is 0 Å². The van der Waals surface area contributed by atoms with Crippen LogP contribution in [0, 0.1) is 6.92 Å². The summed E-state index contributed by atoms with van der Waals surface area (Å²) in [4.78, 5) is 8.31. The molecule has 0 atom stereocenters. The number of aryl methyl sites for hydroxylation is 1.